The highest BCUT2D eigenvalue weighted by Gasteiger charge is 2.44. The fraction of sp³-hybridized carbons (Fsp3) is 0.364. The third-order valence-corrected chi connectivity index (χ3v) is 7.81. The second kappa shape index (κ2) is 12.2. The number of aromatic nitrogens is 1. The topological polar surface area (TPSA) is 62.0 Å². The number of hydrogen-bond donors (Lipinski definition) is 1. The van der Waals surface area contributed by atoms with Gasteiger partial charge in [0, 0.05) is 32.6 Å². The summed E-state index contributed by atoms with van der Waals surface area (Å²) >= 11 is 0. The molecule has 1 unspecified atom stereocenters. The Morgan fingerprint density at radius 2 is 1.54 bits per heavy atom. The zero-order valence-electron chi connectivity index (χ0n) is 23.2. The quantitative estimate of drug-likeness (QED) is 0.314. The Labute approximate surface area is 231 Å². The van der Waals surface area contributed by atoms with Crippen LogP contribution in [0.3, 0.4) is 0 Å². The van der Waals surface area contributed by atoms with E-state index < -0.39 is 6.10 Å². The van der Waals surface area contributed by atoms with E-state index in [4.69, 9.17) is 9.15 Å². The number of oxazole rings is 1. The van der Waals surface area contributed by atoms with E-state index in [1.165, 1.54) is 11.1 Å². The summed E-state index contributed by atoms with van der Waals surface area (Å²) in [4.78, 5) is 9.32. The van der Waals surface area contributed by atoms with Gasteiger partial charge in [-0.05, 0) is 50.1 Å². The first-order valence-corrected chi connectivity index (χ1v) is 13.8. The normalized spacial score (nSPS) is 16.7. The van der Waals surface area contributed by atoms with Gasteiger partial charge in [0.15, 0.2) is 5.89 Å². The van der Waals surface area contributed by atoms with E-state index in [9.17, 15) is 5.11 Å². The van der Waals surface area contributed by atoms with Gasteiger partial charge in [-0.1, -0.05) is 78.9 Å². The molecule has 0 spiro atoms. The van der Waals surface area contributed by atoms with Gasteiger partial charge in [0.25, 0.3) is 0 Å². The van der Waals surface area contributed by atoms with Gasteiger partial charge < -0.3 is 19.2 Å². The molecule has 1 atom stereocenters. The third-order valence-electron chi connectivity index (χ3n) is 7.81. The standard InChI is InChI=1S/C33H39N3O3/c1-25-26(2)39-32(34-25)19-18-27-12-10-11-17-31(27)38-23-30(37)22-36-21-20-35(3)24-33(36,28-13-6-4-7-14-28)29-15-8-5-9-16-29/h4-17,30,37H,18-24H2,1-3H3. The van der Waals surface area contributed by atoms with Crippen LogP contribution < -0.4 is 4.74 Å². The van der Waals surface area contributed by atoms with E-state index in [0.717, 1.165) is 54.7 Å². The lowest BCUT2D eigenvalue weighted by Gasteiger charge is -2.51. The van der Waals surface area contributed by atoms with Gasteiger partial charge in [-0.2, -0.15) is 0 Å². The van der Waals surface area contributed by atoms with Crippen molar-refractivity contribution in [2.75, 3.05) is 39.8 Å². The van der Waals surface area contributed by atoms with Gasteiger partial charge in [0.05, 0.1) is 11.2 Å². The summed E-state index contributed by atoms with van der Waals surface area (Å²) < 4.78 is 12.0. The maximum Gasteiger partial charge on any atom is 0.194 e. The average molecular weight is 526 g/mol. The number of piperazine rings is 1. The summed E-state index contributed by atoms with van der Waals surface area (Å²) in [6.07, 6.45) is 0.815. The van der Waals surface area contributed by atoms with Crippen LogP contribution in [0.4, 0.5) is 0 Å². The summed E-state index contributed by atoms with van der Waals surface area (Å²) in [7, 11) is 2.18. The molecule has 39 heavy (non-hydrogen) atoms. The second-order valence-electron chi connectivity index (χ2n) is 10.6. The molecule has 1 fully saturated rings. The zero-order valence-corrected chi connectivity index (χ0v) is 23.2. The van der Waals surface area contributed by atoms with E-state index in [1.807, 2.05) is 32.0 Å². The first-order valence-electron chi connectivity index (χ1n) is 13.8. The lowest BCUT2D eigenvalue weighted by Crippen LogP contribution is -2.61. The molecule has 1 aliphatic rings. The van der Waals surface area contributed by atoms with Crippen LogP contribution in [-0.4, -0.2) is 65.8 Å². The molecule has 6 heteroatoms. The Balaban J connectivity index is 1.31. The SMILES string of the molecule is Cc1nc(CCc2ccccc2OCC(O)CN2CCN(C)CC2(c2ccccc2)c2ccccc2)oc1C. The Morgan fingerprint density at radius 3 is 2.18 bits per heavy atom. The number of aryl methyl sites for hydroxylation is 4. The van der Waals surface area contributed by atoms with E-state index >= 15 is 0 Å². The number of hydrogen-bond acceptors (Lipinski definition) is 6. The minimum atomic E-state index is -0.648. The number of benzene rings is 3. The number of β-amino-alcohol motifs (C(OH)–C–C–N with tert-alkyl or cyclic N) is 1. The number of para-hydroxylation sites is 1. The number of aliphatic hydroxyl groups is 1. The van der Waals surface area contributed by atoms with Gasteiger partial charge in [0.1, 0.15) is 24.2 Å². The van der Waals surface area contributed by atoms with Crippen LogP contribution in [0.15, 0.2) is 89.3 Å². The first-order chi connectivity index (χ1) is 19.0. The molecule has 2 heterocycles. The molecule has 0 radical (unpaired) electrons. The molecule has 0 amide bonds. The highest BCUT2D eigenvalue weighted by Crippen LogP contribution is 2.39. The van der Waals surface area contributed by atoms with Crippen LogP contribution in [0.5, 0.6) is 5.75 Å². The number of likely N-dealkylation sites (N-methyl/N-ethyl adjacent to an activating group) is 1. The van der Waals surface area contributed by atoms with Crippen molar-refractivity contribution in [2.45, 2.75) is 38.3 Å². The van der Waals surface area contributed by atoms with Crippen molar-refractivity contribution in [3.05, 3.63) is 119 Å². The maximum atomic E-state index is 11.3. The van der Waals surface area contributed by atoms with Crippen molar-refractivity contribution < 1.29 is 14.3 Å². The minimum Gasteiger partial charge on any atom is -0.491 e. The summed E-state index contributed by atoms with van der Waals surface area (Å²) in [5.74, 6) is 2.41. The Bertz CT molecular complexity index is 1280. The summed E-state index contributed by atoms with van der Waals surface area (Å²) in [5, 5.41) is 11.3. The van der Waals surface area contributed by atoms with Crippen molar-refractivity contribution in [3.8, 4) is 5.75 Å². The number of rotatable bonds is 10. The molecule has 1 aromatic heterocycles. The van der Waals surface area contributed by atoms with Crippen molar-refractivity contribution in [1.82, 2.24) is 14.8 Å². The fourth-order valence-electron chi connectivity index (χ4n) is 5.67. The molecular formula is C33H39N3O3. The highest BCUT2D eigenvalue weighted by molar-refractivity contribution is 5.40. The van der Waals surface area contributed by atoms with Crippen molar-refractivity contribution >= 4 is 0 Å². The van der Waals surface area contributed by atoms with E-state index in [0.29, 0.717) is 13.0 Å². The lowest BCUT2D eigenvalue weighted by molar-refractivity contribution is -0.0139. The van der Waals surface area contributed by atoms with E-state index in [2.05, 4.69) is 88.6 Å². The highest BCUT2D eigenvalue weighted by atomic mass is 16.5. The maximum absolute atomic E-state index is 11.3. The van der Waals surface area contributed by atoms with Crippen molar-refractivity contribution in [3.63, 3.8) is 0 Å². The Hall–Kier alpha value is -3.45. The molecule has 0 aliphatic carbocycles. The molecule has 1 N–H and O–H groups in total. The largest absolute Gasteiger partial charge is 0.491 e. The zero-order chi connectivity index (χ0) is 27.2. The van der Waals surface area contributed by atoms with Gasteiger partial charge in [-0.15, -0.1) is 0 Å². The third kappa shape index (κ3) is 6.09. The molecule has 0 bridgehead atoms. The predicted octanol–water partition coefficient (Wildman–Crippen LogP) is 5.01. The minimum absolute atomic E-state index is 0.222. The van der Waals surface area contributed by atoms with Crippen LogP contribution in [-0.2, 0) is 18.4 Å². The van der Waals surface area contributed by atoms with Crippen molar-refractivity contribution in [2.24, 2.45) is 0 Å². The molecule has 1 aliphatic heterocycles. The predicted molar refractivity (Wildman–Crippen MR) is 154 cm³/mol. The molecular weight excluding hydrogens is 486 g/mol. The molecule has 204 valence electrons. The van der Waals surface area contributed by atoms with Crippen LogP contribution in [0.25, 0.3) is 0 Å². The van der Waals surface area contributed by atoms with Crippen LogP contribution in [0.1, 0.15) is 34.0 Å². The smallest absolute Gasteiger partial charge is 0.194 e. The molecule has 5 rings (SSSR count). The van der Waals surface area contributed by atoms with Crippen LogP contribution in [0, 0.1) is 13.8 Å². The van der Waals surface area contributed by atoms with Crippen molar-refractivity contribution in [1.29, 1.82) is 0 Å². The number of aliphatic hydroxyl groups excluding tert-OH is 1. The lowest BCUT2D eigenvalue weighted by atomic mass is 9.79. The van der Waals surface area contributed by atoms with E-state index in [-0.39, 0.29) is 12.1 Å². The molecule has 3 aromatic carbocycles. The fourth-order valence-corrected chi connectivity index (χ4v) is 5.67. The van der Waals surface area contributed by atoms with Gasteiger partial charge in [-0.3, -0.25) is 4.90 Å². The van der Waals surface area contributed by atoms with Crippen LogP contribution >= 0.6 is 0 Å². The Morgan fingerprint density at radius 1 is 0.897 bits per heavy atom. The number of nitrogens with zero attached hydrogens (tertiary/aromatic N) is 3. The van der Waals surface area contributed by atoms with Crippen LogP contribution in [0.2, 0.25) is 0 Å². The first kappa shape index (κ1) is 27.1. The second-order valence-corrected chi connectivity index (χ2v) is 10.6. The summed E-state index contributed by atoms with van der Waals surface area (Å²) in [5.41, 5.74) is 4.13. The monoisotopic (exact) mass is 525 g/mol. The average Bonchev–Trinajstić information content (AvgIpc) is 3.29. The molecule has 4 aromatic rings. The van der Waals surface area contributed by atoms with Gasteiger partial charge >= 0.3 is 0 Å². The van der Waals surface area contributed by atoms with E-state index in [1.54, 1.807) is 0 Å². The molecule has 6 nitrogen and oxygen atoms in total. The number of ether oxygens (including phenoxy) is 1. The Kier molecular flexibility index (Phi) is 8.46. The molecule has 0 saturated carbocycles. The molecule has 1 saturated heterocycles. The summed E-state index contributed by atoms with van der Waals surface area (Å²) in [6.45, 7) is 7.27. The van der Waals surface area contributed by atoms with Gasteiger partial charge in [0.2, 0.25) is 0 Å². The van der Waals surface area contributed by atoms with Gasteiger partial charge in [-0.25, -0.2) is 4.98 Å². The summed E-state index contributed by atoms with van der Waals surface area (Å²) in [6, 6.07) is 29.4.